The number of amides is 2. The van der Waals surface area contributed by atoms with Crippen LogP contribution in [0.5, 0.6) is 0 Å². The average molecular weight is 358 g/mol. The van der Waals surface area contributed by atoms with Gasteiger partial charge in [0.05, 0.1) is 0 Å². The first kappa shape index (κ1) is 18.7. The third kappa shape index (κ3) is 5.21. The zero-order chi connectivity index (χ0) is 18.4. The topological polar surface area (TPSA) is 64.7 Å². The van der Waals surface area contributed by atoms with E-state index in [1.165, 1.54) is 11.3 Å². The van der Waals surface area contributed by atoms with E-state index in [4.69, 9.17) is 0 Å². The summed E-state index contributed by atoms with van der Waals surface area (Å²) in [5.74, 6) is -0.0595. The summed E-state index contributed by atoms with van der Waals surface area (Å²) >= 11 is 0. The minimum atomic E-state index is -0.358. The van der Waals surface area contributed by atoms with Crippen molar-refractivity contribution in [3.05, 3.63) is 29.8 Å². The zero-order valence-electron chi connectivity index (χ0n) is 15.7. The molecule has 1 unspecified atom stereocenters. The smallest absolute Gasteiger partial charge is 0.242 e. The van der Waals surface area contributed by atoms with Crippen LogP contribution in [0.25, 0.3) is 0 Å². The molecule has 1 aromatic rings. The van der Waals surface area contributed by atoms with E-state index in [1.807, 2.05) is 0 Å². The van der Waals surface area contributed by atoms with Crippen molar-refractivity contribution in [2.75, 3.05) is 44.2 Å². The van der Waals surface area contributed by atoms with Crippen molar-refractivity contribution in [3.63, 3.8) is 0 Å². The summed E-state index contributed by atoms with van der Waals surface area (Å²) in [7, 11) is 0. The maximum absolute atomic E-state index is 12.2. The molecular weight excluding hydrogens is 328 g/mol. The monoisotopic (exact) mass is 358 g/mol. The van der Waals surface area contributed by atoms with Crippen LogP contribution in [-0.2, 0) is 9.59 Å². The van der Waals surface area contributed by atoms with Gasteiger partial charge in [0.25, 0.3) is 0 Å². The molecule has 2 aliphatic rings. The fourth-order valence-corrected chi connectivity index (χ4v) is 3.66. The Balaban J connectivity index is 1.39. The van der Waals surface area contributed by atoms with E-state index in [1.54, 1.807) is 0 Å². The molecule has 0 radical (unpaired) electrons. The highest BCUT2D eigenvalue weighted by molar-refractivity contribution is 5.87. The molecule has 1 atom stereocenters. The molecule has 0 aromatic heterocycles. The quantitative estimate of drug-likeness (QED) is 0.833. The predicted octanol–water partition coefficient (Wildman–Crippen LogP) is 1.29. The van der Waals surface area contributed by atoms with Gasteiger partial charge in [0.15, 0.2) is 0 Å². The van der Waals surface area contributed by atoms with Crippen molar-refractivity contribution >= 4 is 17.5 Å². The number of piperazine rings is 1. The van der Waals surface area contributed by atoms with Gasteiger partial charge < -0.3 is 15.5 Å². The number of aryl methyl sites for hydroxylation is 1. The van der Waals surface area contributed by atoms with Gasteiger partial charge in [-0.1, -0.05) is 12.1 Å². The molecule has 2 aliphatic heterocycles. The first-order valence-electron chi connectivity index (χ1n) is 9.73. The third-order valence-electron chi connectivity index (χ3n) is 5.26. The molecule has 6 nitrogen and oxygen atoms in total. The lowest BCUT2D eigenvalue weighted by atomic mass is 10.1. The largest absolute Gasteiger partial charge is 0.369 e. The summed E-state index contributed by atoms with van der Waals surface area (Å²) in [6.07, 6.45) is 3.16. The van der Waals surface area contributed by atoms with Gasteiger partial charge in [-0.15, -0.1) is 0 Å². The summed E-state index contributed by atoms with van der Waals surface area (Å²) in [6, 6.07) is 8.25. The molecule has 3 rings (SSSR count). The molecule has 0 spiro atoms. The van der Waals surface area contributed by atoms with Crippen LogP contribution in [0.4, 0.5) is 5.69 Å². The molecule has 2 amide bonds. The van der Waals surface area contributed by atoms with Gasteiger partial charge in [0.1, 0.15) is 6.04 Å². The summed E-state index contributed by atoms with van der Waals surface area (Å²) < 4.78 is 0. The van der Waals surface area contributed by atoms with Crippen molar-refractivity contribution in [2.45, 2.75) is 38.6 Å². The minimum absolute atomic E-state index is 0.0202. The van der Waals surface area contributed by atoms with E-state index in [0.29, 0.717) is 6.42 Å². The highest BCUT2D eigenvalue weighted by atomic mass is 16.2. The Labute approximate surface area is 155 Å². The fraction of sp³-hybridized carbons (Fsp3) is 0.600. The molecule has 6 heteroatoms. The van der Waals surface area contributed by atoms with Crippen LogP contribution < -0.4 is 15.5 Å². The van der Waals surface area contributed by atoms with Crippen LogP contribution in [0.1, 0.15) is 31.2 Å². The number of nitrogens with one attached hydrogen (secondary N) is 2. The zero-order valence-corrected chi connectivity index (χ0v) is 15.7. The molecule has 2 N–H and O–H groups in total. The Morgan fingerprint density at radius 2 is 2.04 bits per heavy atom. The van der Waals surface area contributed by atoms with Gasteiger partial charge in [0, 0.05) is 51.4 Å². The Kier molecular flexibility index (Phi) is 6.50. The molecule has 142 valence electrons. The van der Waals surface area contributed by atoms with Crippen molar-refractivity contribution in [1.82, 2.24) is 15.5 Å². The first-order valence-corrected chi connectivity index (χ1v) is 9.73. The molecule has 2 heterocycles. The number of benzene rings is 1. The van der Waals surface area contributed by atoms with Gasteiger partial charge in [0.2, 0.25) is 11.8 Å². The van der Waals surface area contributed by atoms with Crippen molar-refractivity contribution in [2.24, 2.45) is 0 Å². The molecule has 26 heavy (non-hydrogen) atoms. The Bertz CT molecular complexity index is 626. The SMILES string of the molecule is Cc1cccc(N2CCN(CCC(=O)NC3CCCCNC3=O)CC2)c1. The molecule has 0 bridgehead atoms. The van der Waals surface area contributed by atoms with E-state index < -0.39 is 0 Å². The summed E-state index contributed by atoms with van der Waals surface area (Å²) in [6.45, 7) is 7.48. The highest BCUT2D eigenvalue weighted by Crippen LogP contribution is 2.17. The van der Waals surface area contributed by atoms with Crippen LogP contribution in [0.15, 0.2) is 24.3 Å². The number of anilines is 1. The van der Waals surface area contributed by atoms with Crippen molar-refractivity contribution < 1.29 is 9.59 Å². The van der Waals surface area contributed by atoms with Gasteiger partial charge in [-0.05, 0) is 43.9 Å². The Hall–Kier alpha value is -2.08. The lowest BCUT2D eigenvalue weighted by Crippen LogP contribution is -2.49. The van der Waals surface area contributed by atoms with Crippen LogP contribution in [-0.4, -0.2) is 62.0 Å². The van der Waals surface area contributed by atoms with Gasteiger partial charge in [-0.2, -0.15) is 0 Å². The molecule has 2 saturated heterocycles. The van der Waals surface area contributed by atoms with E-state index in [9.17, 15) is 9.59 Å². The number of nitrogens with zero attached hydrogens (tertiary/aromatic N) is 2. The van der Waals surface area contributed by atoms with E-state index in [-0.39, 0.29) is 17.9 Å². The normalized spacial score (nSPS) is 21.8. The van der Waals surface area contributed by atoms with Crippen LogP contribution in [0.2, 0.25) is 0 Å². The molecule has 1 aromatic carbocycles. The second kappa shape index (κ2) is 9.03. The lowest BCUT2D eigenvalue weighted by molar-refractivity contribution is -0.129. The van der Waals surface area contributed by atoms with Gasteiger partial charge >= 0.3 is 0 Å². The Morgan fingerprint density at radius 3 is 2.81 bits per heavy atom. The molecular formula is C20H30N4O2. The molecule has 2 fully saturated rings. The summed E-state index contributed by atoms with van der Waals surface area (Å²) in [5, 5.41) is 5.76. The highest BCUT2D eigenvalue weighted by Gasteiger charge is 2.23. The standard InChI is InChI=1S/C20H30N4O2/c1-16-5-4-6-17(15-16)24-13-11-23(12-14-24)10-8-19(25)22-18-7-2-3-9-21-20(18)26/h4-6,15,18H,2-3,7-14H2,1H3,(H,21,26)(H,22,25). The van der Waals surface area contributed by atoms with Crippen molar-refractivity contribution in [3.8, 4) is 0 Å². The van der Waals surface area contributed by atoms with Crippen molar-refractivity contribution in [1.29, 1.82) is 0 Å². The maximum atomic E-state index is 12.2. The summed E-state index contributed by atoms with van der Waals surface area (Å²) in [5.41, 5.74) is 2.56. The number of carbonyl (C=O) groups excluding carboxylic acids is 2. The molecule has 0 aliphatic carbocycles. The molecule has 0 saturated carbocycles. The fourth-order valence-electron chi connectivity index (χ4n) is 3.66. The second-order valence-electron chi connectivity index (χ2n) is 7.32. The minimum Gasteiger partial charge on any atom is -0.369 e. The van der Waals surface area contributed by atoms with Crippen LogP contribution in [0, 0.1) is 6.92 Å². The van der Waals surface area contributed by atoms with Gasteiger partial charge in [-0.3, -0.25) is 14.5 Å². The van der Waals surface area contributed by atoms with Gasteiger partial charge in [-0.25, -0.2) is 0 Å². The number of hydrogen-bond acceptors (Lipinski definition) is 4. The number of carbonyl (C=O) groups is 2. The van der Waals surface area contributed by atoms with E-state index in [0.717, 1.165) is 58.5 Å². The lowest BCUT2D eigenvalue weighted by Gasteiger charge is -2.36. The second-order valence-corrected chi connectivity index (χ2v) is 7.32. The third-order valence-corrected chi connectivity index (χ3v) is 5.26. The summed E-state index contributed by atoms with van der Waals surface area (Å²) in [4.78, 5) is 28.9. The number of hydrogen-bond donors (Lipinski definition) is 2. The average Bonchev–Trinajstić information content (AvgIpc) is 2.85. The number of rotatable bonds is 5. The van der Waals surface area contributed by atoms with E-state index in [2.05, 4.69) is 51.6 Å². The predicted molar refractivity (Wildman–Crippen MR) is 103 cm³/mol. The van der Waals surface area contributed by atoms with Crippen LogP contribution in [0.3, 0.4) is 0 Å². The maximum Gasteiger partial charge on any atom is 0.242 e. The first-order chi connectivity index (χ1) is 12.6. The van der Waals surface area contributed by atoms with E-state index >= 15 is 0 Å². The van der Waals surface area contributed by atoms with Crippen LogP contribution >= 0.6 is 0 Å². The Morgan fingerprint density at radius 1 is 1.23 bits per heavy atom.